The Morgan fingerprint density at radius 1 is 0.967 bits per heavy atom. The smallest absolute Gasteiger partial charge is 0.242 e. The molecule has 2 amide bonds. The van der Waals surface area contributed by atoms with Gasteiger partial charge in [-0.1, -0.05) is 56.3 Å². The molecule has 1 atom stereocenters. The fourth-order valence-electron chi connectivity index (χ4n) is 3.22. The average molecular weight is 405 g/mol. The zero-order valence-electron chi connectivity index (χ0n) is 17.4. The van der Waals surface area contributed by atoms with Crippen molar-refractivity contribution in [3.63, 3.8) is 0 Å². The molecule has 6 nitrogen and oxygen atoms in total. The van der Waals surface area contributed by atoms with E-state index in [1.165, 1.54) is 0 Å². The molecule has 0 aliphatic rings. The van der Waals surface area contributed by atoms with Crippen molar-refractivity contribution in [1.29, 1.82) is 0 Å². The molecule has 1 aromatic heterocycles. The van der Waals surface area contributed by atoms with Gasteiger partial charge in [-0.3, -0.25) is 9.59 Å². The Morgan fingerprint density at radius 2 is 1.70 bits per heavy atom. The molecular formula is C24H28N4O2. The number of carbonyl (C=O) groups excluding carboxylic acids is 2. The molecule has 0 aliphatic carbocycles. The van der Waals surface area contributed by atoms with Gasteiger partial charge in [0.2, 0.25) is 11.8 Å². The van der Waals surface area contributed by atoms with Gasteiger partial charge in [-0.05, 0) is 41.7 Å². The van der Waals surface area contributed by atoms with Crippen molar-refractivity contribution in [2.24, 2.45) is 5.92 Å². The number of rotatable bonds is 9. The lowest BCUT2D eigenvalue weighted by molar-refractivity contribution is -0.129. The van der Waals surface area contributed by atoms with Crippen LogP contribution in [0.25, 0.3) is 5.69 Å². The van der Waals surface area contributed by atoms with E-state index in [0.717, 1.165) is 16.8 Å². The zero-order chi connectivity index (χ0) is 21.3. The third-order valence-electron chi connectivity index (χ3n) is 4.89. The minimum atomic E-state index is -0.552. The van der Waals surface area contributed by atoms with Gasteiger partial charge in [0.05, 0.1) is 12.1 Å². The Morgan fingerprint density at radius 3 is 2.33 bits per heavy atom. The summed E-state index contributed by atoms with van der Waals surface area (Å²) in [6.07, 6.45) is 4.62. The molecule has 2 N–H and O–H groups in total. The van der Waals surface area contributed by atoms with Crippen LogP contribution in [0.5, 0.6) is 0 Å². The van der Waals surface area contributed by atoms with Crippen LogP contribution < -0.4 is 10.6 Å². The van der Waals surface area contributed by atoms with Gasteiger partial charge < -0.3 is 10.6 Å². The highest BCUT2D eigenvalue weighted by molar-refractivity contribution is 5.88. The summed E-state index contributed by atoms with van der Waals surface area (Å²) in [6, 6.07) is 18.9. The minimum absolute atomic E-state index is 0.00178. The van der Waals surface area contributed by atoms with Crippen molar-refractivity contribution >= 4 is 11.8 Å². The summed E-state index contributed by atoms with van der Waals surface area (Å²) in [5.41, 5.74) is 3.05. The van der Waals surface area contributed by atoms with Gasteiger partial charge in [-0.15, -0.1) is 0 Å². The minimum Gasteiger partial charge on any atom is -0.354 e. The van der Waals surface area contributed by atoms with Gasteiger partial charge in [-0.25, -0.2) is 4.68 Å². The van der Waals surface area contributed by atoms with Gasteiger partial charge in [0.15, 0.2) is 0 Å². The van der Waals surface area contributed by atoms with Crippen molar-refractivity contribution in [2.45, 2.75) is 32.7 Å². The van der Waals surface area contributed by atoms with Gasteiger partial charge >= 0.3 is 0 Å². The lowest BCUT2D eigenvalue weighted by Crippen LogP contribution is -2.50. The van der Waals surface area contributed by atoms with E-state index >= 15 is 0 Å². The number of carbonyl (C=O) groups is 2. The Bertz CT molecular complexity index is 935. The second-order valence-corrected chi connectivity index (χ2v) is 7.61. The predicted molar refractivity (Wildman–Crippen MR) is 117 cm³/mol. The Labute approximate surface area is 177 Å². The molecule has 0 saturated carbocycles. The molecule has 0 radical (unpaired) electrons. The summed E-state index contributed by atoms with van der Waals surface area (Å²) in [4.78, 5) is 25.0. The van der Waals surface area contributed by atoms with Gasteiger partial charge in [-0.2, -0.15) is 5.10 Å². The third kappa shape index (κ3) is 6.04. The maximum Gasteiger partial charge on any atom is 0.242 e. The first-order valence-corrected chi connectivity index (χ1v) is 10.2. The van der Waals surface area contributed by atoms with Crippen LogP contribution in [-0.4, -0.2) is 34.2 Å². The summed E-state index contributed by atoms with van der Waals surface area (Å²) in [6.45, 7) is 4.37. The summed E-state index contributed by atoms with van der Waals surface area (Å²) in [5.74, 6) is -0.304. The molecule has 2 aromatic carbocycles. The van der Waals surface area contributed by atoms with Crippen molar-refractivity contribution in [2.75, 3.05) is 6.54 Å². The lowest BCUT2D eigenvalue weighted by atomic mass is 10.0. The number of hydrogen-bond acceptors (Lipinski definition) is 3. The van der Waals surface area contributed by atoms with E-state index in [1.54, 1.807) is 10.9 Å². The fourth-order valence-corrected chi connectivity index (χ4v) is 3.22. The highest BCUT2D eigenvalue weighted by atomic mass is 16.2. The Balaban J connectivity index is 1.48. The van der Waals surface area contributed by atoms with E-state index in [4.69, 9.17) is 0 Å². The van der Waals surface area contributed by atoms with E-state index in [1.807, 2.05) is 80.7 Å². The van der Waals surface area contributed by atoms with Gasteiger partial charge in [0, 0.05) is 18.9 Å². The Kier molecular flexibility index (Phi) is 7.38. The van der Waals surface area contributed by atoms with Crippen LogP contribution in [0, 0.1) is 5.92 Å². The first-order valence-electron chi connectivity index (χ1n) is 10.2. The summed E-state index contributed by atoms with van der Waals surface area (Å²) >= 11 is 0. The molecule has 6 heteroatoms. The standard InChI is InChI=1S/C24H28N4O2/c1-18(2)23(27-22(29)17-20-7-4-3-5-8-20)24(30)25-15-13-19-9-11-21(12-10-19)28-16-6-14-26-28/h3-12,14,16,18,23H,13,15,17H2,1-2H3,(H,25,30)(H,27,29)/t23-/m0/s1. The molecule has 0 aliphatic heterocycles. The topological polar surface area (TPSA) is 76.0 Å². The van der Waals surface area contributed by atoms with Crippen LogP contribution in [0.1, 0.15) is 25.0 Å². The molecular weight excluding hydrogens is 376 g/mol. The molecule has 3 rings (SSSR count). The van der Waals surface area contributed by atoms with E-state index in [-0.39, 0.29) is 24.2 Å². The summed E-state index contributed by atoms with van der Waals surface area (Å²) in [7, 11) is 0. The first-order chi connectivity index (χ1) is 14.5. The fraction of sp³-hybridized carbons (Fsp3) is 0.292. The van der Waals surface area contributed by atoms with E-state index < -0.39 is 6.04 Å². The number of benzene rings is 2. The van der Waals surface area contributed by atoms with E-state index in [9.17, 15) is 9.59 Å². The first kappa shape index (κ1) is 21.3. The third-order valence-corrected chi connectivity index (χ3v) is 4.89. The maximum atomic E-state index is 12.6. The van der Waals surface area contributed by atoms with Crippen molar-refractivity contribution in [1.82, 2.24) is 20.4 Å². The monoisotopic (exact) mass is 404 g/mol. The van der Waals surface area contributed by atoms with Crippen LogP contribution in [-0.2, 0) is 22.4 Å². The number of hydrogen-bond donors (Lipinski definition) is 2. The van der Waals surface area contributed by atoms with Crippen molar-refractivity contribution in [3.05, 3.63) is 84.2 Å². The van der Waals surface area contributed by atoms with Crippen molar-refractivity contribution < 1.29 is 9.59 Å². The van der Waals surface area contributed by atoms with E-state index in [2.05, 4.69) is 15.7 Å². The number of nitrogens with one attached hydrogen (secondary N) is 2. The molecule has 156 valence electrons. The Hall–Kier alpha value is -3.41. The number of aromatic nitrogens is 2. The van der Waals surface area contributed by atoms with Crippen LogP contribution in [0.2, 0.25) is 0 Å². The maximum absolute atomic E-state index is 12.6. The highest BCUT2D eigenvalue weighted by Gasteiger charge is 2.23. The van der Waals surface area contributed by atoms with Crippen molar-refractivity contribution in [3.8, 4) is 5.69 Å². The summed E-state index contributed by atoms with van der Waals surface area (Å²) in [5, 5.41) is 10.0. The van der Waals surface area contributed by atoms with Crippen LogP contribution in [0.3, 0.4) is 0 Å². The molecule has 0 fully saturated rings. The quantitative estimate of drug-likeness (QED) is 0.576. The SMILES string of the molecule is CC(C)[C@H](NC(=O)Cc1ccccc1)C(=O)NCCc1ccc(-n2cccn2)cc1. The molecule has 0 unspecified atom stereocenters. The highest BCUT2D eigenvalue weighted by Crippen LogP contribution is 2.09. The molecule has 3 aromatic rings. The molecule has 0 spiro atoms. The van der Waals surface area contributed by atoms with Gasteiger partial charge in [0.1, 0.15) is 6.04 Å². The van der Waals surface area contributed by atoms with Crippen LogP contribution in [0.4, 0.5) is 0 Å². The molecule has 0 bridgehead atoms. The van der Waals surface area contributed by atoms with Crippen LogP contribution in [0.15, 0.2) is 73.1 Å². The molecule has 0 saturated heterocycles. The zero-order valence-corrected chi connectivity index (χ0v) is 17.4. The number of nitrogens with zero attached hydrogens (tertiary/aromatic N) is 2. The predicted octanol–water partition coefficient (Wildman–Crippen LogP) is 2.91. The molecule has 1 heterocycles. The summed E-state index contributed by atoms with van der Waals surface area (Å²) < 4.78 is 1.80. The molecule has 30 heavy (non-hydrogen) atoms. The van der Waals surface area contributed by atoms with Crippen LogP contribution >= 0.6 is 0 Å². The second-order valence-electron chi connectivity index (χ2n) is 7.61. The average Bonchev–Trinajstić information content (AvgIpc) is 3.28. The van der Waals surface area contributed by atoms with Gasteiger partial charge in [0.25, 0.3) is 0 Å². The second kappa shape index (κ2) is 10.4. The normalized spacial score (nSPS) is 11.8. The van der Waals surface area contributed by atoms with E-state index in [0.29, 0.717) is 13.0 Å². The lowest BCUT2D eigenvalue weighted by Gasteiger charge is -2.22. The number of amides is 2. The largest absolute Gasteiger partial charge is 0.354 e.